The van der Waals surface area contributed by atoms with Crippen LogP contribution in [0.1, 0.15) is 73.9 Å². The molecule has 1 fully saturated rings. The van der Waals surface area contributed by atoms with E-state index in [-0.39, 0.29) is 29.7 Å². The highest BCUT2D eigenvalue weighted by Gasteiger charge is 2.37. The van der Waals surface area contributed by atoms with Gasteiger partial charge in [-0.2, -0.15) is 0 Å². The number of aliphatic hydroxyl groups is 1. The molecular weight excluding hydrogens is 584 g/mol. The van der Waals surface area contributed by atoms with Crippen LogP contribution in [0.5, 0.6) is 5.75 Å². The molecule has 2 aliphatic rings. The highest BCUT2D eigenvalue weighted by Crippen LogP contribution is 2.41. The minimum absolute atomic E-state index is 0.182. The number of benzene rings is 2. The summed E-state index contributed by atoms with van der Waals surface area (Å²) in [5.41, 5.74) is 3.22. The van der Waals surface area contributed by atoms with Crippen LogP contribution < -0.4 is 14.4 Å². The average molecular weight is 629 g/mol. The Balaban J connectivity index is 1.67. The fraction of sp³-hybridized carbons (Fsp3) is 0.500. The molecule has 0 aromatic heterocycles. The molecule has 4 rings (SSSR count). The molecule has 2 N–H and O–H groups in total. The second kappa shape index (κ2) is 14.8. The van der Waals surface area contributed by atoms with Crippen molar-refractivity contribution in [2.24, 2.45) is 17.8 Å². The molecule has 0 radical (unpaired) electrons. The Morgan fingerprint density at radius 2 is 1.88 bits per heavy atom. The Bertz CT molecular complexity index is 1410. The summed E-state index contributed by atoms with van der Waals surface area (Å²) in [5.74, 6) is 0.226. The van der Waals surface area contributed by atoms with Gasteiger partial charge in [-0.3, -0.25) is 4.79 Å². The SMILES string of the molecule is C=CC[C@H](O)[C@@H]1CC[C@H]1CN1CCCCc2cc(Cl)ccc2COc2ccc(C(=O)NS(=O)(=O)[C@@H](CC=C)C(C)C)cc21. The zero-order valence-electron chi connectivity index (χ0n) is 25.3. The van der Waals surface area contributed by atoms with Crippen LogP contribution in [-0.4, -0.2) is 43.9 Å². The van der Waals surface area contributed by atoms with Gasteiger partial charge in [0.15, 0.2) is 0 Å². The van der Waals surface area contributed by atoms with Crippen molar-refractivity contribution in [2.75, 3.05) is 18.0 Å². The van der Waals surface area contributed by atoms with E-state index in [1.54, 1.807) is 30.4 Å². The van der Waals surface area contributed by atoms with E-state index in [1.165, 1.54) is 0 Å². The van der Waals surface area contributed by atoms with Crippen LogP contribution in [0.4, 0.5) is 5.69 Å². The Kier molecular flexibility index (Phi) is 11.4. The van der Waals surface area contributed by atoms with E-state index in [0.717, 1.165) is 55.5 Å². The summed E-state index contributed by atoms with van der Waals surface area (Å²) < 4.78 is 35.0. The van der Waals surface area contributed by atoms with Crippen molar-refractivity contribution in [3.63, 3.8) is 0 Å². The van der Waals surface area contributed by atoms with Crippen LogP contribution in [0.15, 0.2) is 61.7 Å². The number of hydrogen-bond donors (Lipinski definition) is 2. The summed E-state index contributed by atoms with van der Waals surface area (Å²) in [5, 5.41) is 10.6. The number of ether oxygens (including phenoxy) is 1. The molecule has 0 spiro atoms. The zero-order valence-corrected chi connectivity index (χ0v) is 26.9. The average Bonchev–Trinajstić information content (AvgIpc) is 2.96. The van der Waals surface area contributed by atoms with Crippen molar-refractivity contribution in [1.82, 2.24) is 4.72 Å². The minimum Gasteiger partial charge on any atom is -0.487 e. The van der Waals surface area contributed by atoms with E-state index in [4.69, 9.17) is 16.3 Å². The first-order valence-corrected chi connectivity index (χ1v) is 17.2. The smallest absolute Gasteiger partial charge is 0.264 e. The molecule has 0 unspecified atom stereocenters. The third kappa shape index (κ3) is 8.22. The van der Waals surface area contributed by atoms with Crippen molar-refractivity contribution < 1.29 is 23.1 Å². The summed E-state index contributed by atoms with van der Waals surface area (Å²) >= 11 is 6.31. The van der Waals surface area contributed by atoms with Gasteiger partial charge < -0.3 is 14.7 Å². The van der Waals surface area contributed by atoms with Crippen LogP contribution in [0.25, 0.3) is 0 Å². The third-order valence-electron chi connectivity index (χ3n) is 8.85. The third-order valence-corrected chi connectivity index (χ3v) is 11.1. The number of carbonyl (C=O) groups is 1. The summed E-state index contributed by atoms with van der Waals surface area (Å²) in [6.45, 7) is 12.9. The van der Waals surface area contributed by atoms with Crippen molar-refractivity contribution >= 4 is 33.2 Å². The number of nitrogens with one attached hydrogen (secondary N) is 1. The van der Waals surface area contributed by atoms with Gasteiger partial charge in [-0.25, -0.2) is 13.1 Å². The molecule has 1 aliphatic carbocycles. The number of fused-ring (bicyclic) bond motifs is 2. The molecule has 7 nitrogen and oxygen atoms in total. The maximum Gasteiger partial charge on any atom is 0.264 e. The molecule has 1 heterocycles. The van der Waals surface area contributed by atoms with E-state index in [9.17, 15) is 18.3 Å². The number of aryl methyl sites for hydroxylation is 1. The lowest BCUT2D eigenvalue weighted by Crippen LogP contribution is -2.43. The number of carbonyl (C=O) groups excluding carboxylic acids is 1. The highest BCUT2D eigenvalue weighted by molar-refractivity contribution is 7.90. The van der Waals surface area contributed by atoms with Crippen LogP contribution in [-0.2, 0) is 23.1 Å². The standard InChI is InChI=1S/C34H45ClN2O5S/c1-5-9-31(38)29-16-13-26(29)21-37-18-8-7-11-24-19-28(35)15-12-27(24)22-42-32-17-14-25(20-30(32)37)34(39)36-43(40,41)33(10-6-2)23(3)4/h5-6,12,14-15,17,19-20,23,26,29,31,33,38H,1-2,7-11,13,16,18,21-22H2,3-4H3,(H,36,39)/t26-,29+,31-,33-/m0/s1. The molecule has 234 valence electrons. The Hall–Kier alpha value is -2.81. The van der Waals surface area contributed by atoms with Gasteiger partial charge in [0.25, 0.3) is 5.91 Å². The van der Waals surface area contributed by atoms with E-state index < -0.39 is 27.3 Å². The van der Waals surface area contributed by atoms with Gasteiger partial charge in [0.2, 0.25) is 10.0 Å². The summed E-state index contributed by atoms with van der Waals surface area (Å²) in [4.78, 5) is 15.6. The summed E-state index contributed by atoms with van der Waals surface area (Å²) in [6.07, 6.45) is 8.41. The van der Waals surface area contributed by atoms with E-state index >= 15 is 0 Å². The molecule has 2 aromatic carbocycles. The van der Waals surface area contributed by atoms with Crippen LogP contribution in [0.3, 0.4) is 0 Å². The van der Waals surface area contributed by atoms with Gasteiger partial charge in [-0.05, 0) is 104 Å². The molecule has 1 saturated carbocycles. The quantitative estimate of drug-likeness (QED) is 0.269. The maximum atomic E-state index is 13.4. The van der Waals surface area contributed by atoms with Gasteiger partial charge in [0.1, 0.15) is 12.4 Å². The van der Waals surface area contributed by atoms with Crippen LogP contribution >= 0.6 is 11.6 Å². The maximum absolute atomic E-state index is 13.4. The predicted octanol–water partition coefficient (Wildman–Crippen LogP) is 6.69. The lowest BCUT2D eigenvalue weighted by Gasteiger charge is -2.43. The van der Waals surface area contributed by atoms with Crippen LogP contribution in [0.2, 0.25) is 5.02 Å². The molecule has 0 saturated heterocycles. The van der Waals surface area contributed by atoms with Crippen molar-refractivity contribution in [2.45, 2.75) is 76.8 Å². The molecule has 1 amide bonds. The molecular formula is C34H45ClN2O5S. The number of allylic oxidation sites excluding steroid dienone is 1. The number of aliphatic hydroxyl groups excluding tert-OH is 1. The first-order chi connectivity index (χ1) is 20.5. The topological polar surface area (TPSA) is 95.9 Å². The van der Waals surface area contributed by atoms with Gasteiger partial charge in [0.05, 0.1) is 17.0 Å². The number of amides is 1. The number of halogens is 1. The number of rotatable bonds is 11. The first kappa shape index (κ1) is 33.1. The second-order valence-electron chi connectivity index (χ2n) is 12.2. The molecule has 2 aromatic rings. The van der Waals surface area contributed by atoms with E-state index in [0.29, 0.717) is 30.3 Å². The summed E-state index contributed by atoms with van der Waals surface area (Å²) in [7, 11) is -3.93. The predicted molar refractivity (Wildman–Crippen MR) is 174 cm³/mol. The molecule has 9 heteroatoms. The lowest BCUT2D eigenvalue weighted by molar-refractivity contribution is 0.0181. The van der Waals surface area contributed by atoms with E-state index in [2.05, 4.69) is 22.8 Å². The zero-order chi connectivity index (χ0) is 31.1. The van der Waals surface area contributed by atoms with Crippen molar-refractivity contribution in [3.05, 3.63) is 83.4 Å². The fourth-order valence-electron chi connectivity index (χ4n) is 6.22. The molecule has 43 heavy (non-hydrogen) atoms. The highest BCUT2D eigenvalue weighted by atomic mass is 35.5. The largest absolute Gasteiger partial charge is 0.487 e. The number of nitrogens with zero attached hydrogens (tertiary/aromatic N) is 1. The lowest BCUT2D eigenvalue weighted by atomic mass is 9.69. The molecule has 0 bridgehead atoms. The van der Waals surface area contributed by atoms with Gasteiger partial charge in [-0.1, -0.05) is 43.7 Å². The number of sulfonamides is 1. The first-order valence-electron chi connectivity index (χ1n) is 15.3. The Morgan fingerprint density at radius 1 is 1.12 bits per heavy atom. The Labute approximate surface area is 262 Å². The number of hydrogen-bond acceptors (Lipinski definition) is 6. The molecule has 4 atom stereocenters. The van der Waals surface area contributed by atoms with Gasteiger partial charge >= 0.3 is 0 Å². The second-order valence-corrected chi connectivity index (χ2v) is 14.5. The summed E-state index contributed by atoms with van der Waals surface area (Å²) in [6, 6.07) is 11.0. The van der Waals surface area contributed by atoms with Crippen molar-refractivity contribution in [3.8, 4) is 5.75 Å². The normalized spacial score (nSPS) is 20.3. The van der Waals surface area contributed by atoms with Gasteiger partial charge in [0, 0.05) is 23.7 Å². The van der Waals surface area contributed by atoms with E-state index in [1.807, 2.05) is 32.0 Å². The van der Waals surface area contributed by atoms with Crippen LogP contribution in [0, 0.1) is 17.8 Å². The molecule has 1 aliphatic heterocycles. The fourth-order valence-corrected chi connectivity index (χ4v) is 8.05. The van der Waals surface area contributed by atoms with Crippen molar-refractivity contribution in [1.29, 1.82) is 0 Å². The Morgan fingerprint density at radius 3 is 2.56 bits per heavy atom. The minimum atomic E-state index is -3.93. The number of anilines is 1. The van der Waals surface area contributed by atoms with Gasteiger partial charge in [-0.15, -0.1) is 13.2 Å². The monoisotopic (exact) mass is 628 g/mol.